The summed E-state index contributed by atoms with van der Waals surface area (Å²) in [5, 5.41) is 0. The molecule has 6 aromatic rings. The van der Waals surface area contributed by atoms with E-state index in [0.29, 0.717) is 0 Å². The number of para-hydroxylation sites is 2. The van der Waals surface area contributed by atoms with E-state index >= 15 is 0 Å². The first kappa shape index (κ1) is 16.5. The molecule has 0 spiro atoms. The van der Waals surface area contributed by atoms with Crippen LogP contribution in [0.4, 0.5) is 0 Å². The van der Waals surface area contributed by atoms with E-state index in [1.165, 1.54) is 5.56 Å². The number of pyridine rings is 2. The fourth-order valence-electron chi connectivity index (χ4n) is 4.87. The summed E-state index contributed by atoms with van der Waals surface area (Å²) in [7, 11) is 0. The maximum Gasteiger partial charge on any atom is 0.277 e. The monoisotopic (exact) mass is 400 g/mol. The molecule has 4 aromatic heterocycles. The largest absolute Gasteiger partial charge is 0.277 e. The van der Waals surface area contributed by atoms with Crippen LogP contribution >= 0.6 is 0 Å². The first-order valence-corrected chi connectivity index (χ1v) is 10.4. The second kappa shape index (κ2) is 6.12. The lowest BCUT2D eigenvalue weighted by molar-refractivity contribution is -0.648. The molecule has 0 atom stereocenters. The summed E-state index contributed by atoms with van der Waals surface area (Å²) in [5.74, 6) is 1.15. The van der Waals surface area contributed by atoms with Gasteiger partial charge in [-0.2, -0.15) is 0 Å². The number of rotatable bonds is 2. The van der Waals surface area contributed by atoms with Gasteiger partial charge in [-0.1, -0.05) is 36.4 Å². The molecule has 0 radical (unpaired) electrons. The van der Waals surface area contributed by atoms with Gasteiger partial charge in [0.2, 0.25) is 11.3 Å². The average molecular weight is 400 g/mol. The Balaban J connectivity index is 1.73. The Morgan fingerprint density at radius 1 is 0.677 bits per heavy atom. The number of hydrogen-bond acceptors (Lipinski definition) is 2. The summed E-state index contributed by atoms with van der Waals surface area (Å²) in [6.07, 6.45) is 3.76. The van der Waals surface area contributed by atoms with E-state index in [1.54, 1.807) is 0 Å². The first-order chi connectivity index (χ1) is 15.4. The van der Waals surface area contributed by atoms with Gasteiger partial charge in [-0.15, -0.1) is 0 Å². The molecule has 0 fully saturated rings. The predicted molar refractivity (Wildman–Crippen MR) is 120 cm³/mol. The normalized spacial score (nSPS) is 12.4. The molecule has 31 heavy (non-hydrogen) atoms. The number of imidazole rings is 1. The number of aromatic nitrogens is 5. The minimum atomic E-state index is 0.741. The topological polar surface area (TPSA) is 39.5 Å². The summed E-state index contributed by atoms with van der Waals surface area (Å²) in [6.45, 7) is 0.741. The van der Waals surface area contributed by atoms with Gasteiger partial charge in [0.25, 0.3) is 5.65 Å². The van der Waals surface area contributed by atoms with E-state index in [9.17, 15) is 0 Å². The fraction of sp³-hybridized carbons (Fsp3) is 0.0385. The summed E-state index contributed by atoms with van der Waals surface area (Å²) >= 11 is 0. The summed E-state index contributed by atoms with van der Waals surface area (Å²) in [6, 6.07) is 29.4. The Morgan fingerprint density at radius 3 is 2.13 bits per heavy atom. The van der Waals surface area contributed by atoms with Gasteiger partial charge in [0.15, 0.2) is 0 Å². The fourth-order valence-corrected chi connectivity index (χ4v) is 4.87. The molecule has 0 bridgehead atoms. The lowest BCUT2D eigenvalue weighted by Crippen LogP contribution is -2.33. The Hall–Kier alpha value is -4.25. The molecule has 1 aliphatic rings. The number of benzene rings is 2. The molecule has 0 unspecified atom stereocenters. The molecule has 2 aromatic carbocycles. The second-order valence-electron chi connectivity index (χ2n) is 7.79. The smallest absolute Gasteiger partial charge is 0.257 e. The SMILES string of the molecule is c1ccc(-n2c3[n+](c4c2c2ncccc2n4-c2ccccc2)Cc2ncccc2-3)cc1. The highest BCUT2D eigenvalue weighted by Gasteiger charge is 2.38. The number of fused-ring (bicyclic) bond motifs is 7. The van der Waals surface area contributed by atoms with Crippen LogP contribution in [-0.4, -0.2) is 19.1 Å². The van der Waals surface area contributed by atoms with Crippen molar-refractivity contribution in [3.63, 3.8) is 0 Å². The second-order valence-corrected chi connectivity index (χ2v) is 7.79. The van der Waals surface area contributed by atoms with Gasteiger partial charge in [0.1, 0.15) is 29.0 Å². The molecular weight excluding hydrogens is 382 g/mol. The number of nitrogens with zero attached hydrogens (tertiary/aromatic N) is 5. The maximum atomic E-state index is 4.84. The van der Waals surface area contributed by atoms with Crippen molar-refractivity contribution in [2.45, 2.75) is 6.54 Å². The van der Waals surface area contributed by atoms with Crippen molar-refractivity contribution in [3.05, 3.63) is 103 Å². The molecule has 5 heteroatoms. The standard InChI is InChI=1S/C26H18N5/c1-3-9-18(10-4-1)30-22-14-8-16-28-23(22)24-26(30)29-17-21-20(13-7-15-27-21)25(29)31(24)19-11-5-2-6-12-19/h1-16H,17H2/q+1. The van der Waals surface area contributed by atoms with E-state index in [1.807, 2.05) is 24.5 Å². The Morgan fingerprint density at radius 2 is 1.35 bits per heavy atom. The molecule has 0 N–H and O–H groups in total. The van der Waals surface area contributed by atoms with Gasteiger partial charge in [0, 0.05) is 12.4 Å². The van der Waals surface area contributed by atoms with Crippen LogP contribution in [0.15, 0.2) is 97.3 Å². The lowest BCUT2D eigenvalue weighted by Gasteiger charge is -2.04. The predicted octanol–water partition coefficient (Wildman–Crippen LogP) is 4.68. The Labute approximate surface area is 178 Å². The third kappa shape index (κ3) is 2.17. The average Bonchev–Trinajstić information content (AvgIpc) is 3.47. The Bertz CT molecular complexity index is 1590. The van der Waals surface area contributed by atoms with Gasteiger partial charge in [-0.25, -0.2) is 18.7 Å². The van der Waals surface area contributed by atoms with Crippen molar-refractivity contribution >= 4 is 22.2 Å². The molecule has 5 heterocycles. The molecule has 5 nitrogen and oxygen atoms in total. The van der Waals surface area contributed by atoms with Crippen LogP contribution in [0.5, 0.6) is 0 Å². The molecule has 0 amide bonds. The summed E-state index contributed by atoms with van der Waals surface area (Å²) < 4.78 is 7.05. The van der Waals surface area contributed by atoms with E-state index in [-0.39, 0.29) is 0 Å². The van der Waals surface area contributed by atoms with Crippen molar-refractivity contribution in [3.8, 4) is 22.8 Å². The molecule has 0 saturated heterocycles. The zero-order chi connectivity index (χ0) is 20.4. The maximum absolute atomic E-state index is 4.84. The van der Waals surface area contributed by atoms with E-state index < -0.39 is 0 Å². The van der Waals surface area contributed by atoms with Gasteiger partial charge in [-0.3, -0.25) is 4.98 Å². The quantitative estimate of drug-likeness (QED) is 0.395. The highest BCUT2D eigenvalue weighted by Crippen LogP contribution is 2.38. The zero-order valence-electron chi connectivity index (χ0n) is 16.7. The highest BCUT2D eigenvalue weighted by atomic mass is 15.3. The van der Waals surface area contributed by atoms with Crippen LogP contribution in [0, 0.1) is 0 Å². The lowest BCUT2D eigenvalue weighted by atomic mass is 10.2. The van der Waals surface area contributed by atoms with Crippen molar-refractivity contribution in [1.29, 1.82) is 0 Å². The van der Waals surface area contributed by atoms with E-state index in [0.717, 1.165) is 51.6 Å². The molecule has 7 rings (SSSR count). The third-order valence-corrected chi connectivity index (χ3v) is 6.09. The van der Waals surface area contributed by atoms with Crippen LogP contribution in [0.2, 0.25) is 0 Å². The van der Waals surface area contributed by atoms with Gasteiger partial charge in [0.05, 0.1) is 11.3 Å². The van der Waals surface area contributed by atoms with Crippen LogP contribution in [0.25, 0.3) is 45.0 Å². The molecule has 0 aliphatic carbocycles. The van der Waals surface area contributed by atoms with Crippen molar-refractivity contribution < 1.29 is 4.57 Å². The van der Waals surface area contributed by atoms with Crippen molar-refractivity contribution in [2.75, 3.05) is 0 Å². The van der Waals surface area contributed by atoms with Crippen molar-refractivity contribution in [1.82, 2.24) is 19.1 Å². The van der Waals surface area contributed by atoms with Gasteiger partial charge < -0.3 is 0 Å². The number of hydrogen-bond donors (Lipinski definition) is 0. The first-order valence-electron chi connectivity index (χ1n) is 10.4. The molecule has 1 aliphatic heterocycles. The minimum Gasteiger partial charge on any atom is -0.257 e. The molecule has 0 saturated carbocycles. The van der Waals surface area contributed by atoms with E-state index in [4.69, 9.17) is 4.98 Å². The van der Waals surface area contributed by atoms with Gasteiger partial charge in [-0.05, 0) is 48.5 Å². The van der Waals surface area contributed by atoms with Gasteiger partial charge >= 0.3 is 0 Å². The van der Waals surface area contributed by atoms with E-state index in [2.05, 4.69) is 91.5 Å². The highest BCUT2D eigenvalue weighted by molar-refractivity contribution is 6.04. The zero-order valence-corrected chi connectivity index (χ0v) is 16.7. The van der Waals surface area contributed by atoms with Crippen LogP contribution in [0.3, 0.4) is 0 Å². The van der Waals surface area contributed by atoms with Crippen LogP contribution < -0.4 is 4.57 Å². The van der Waals surface area contributed by atoms with Crippen LogP contribution in [-0.2, 0) is 6.54 Å². The third-order valence-electron chi connectivity index (χ3n) is 6.09. The van der Waals surface area contributed by atoms with Crippen molar-refractivity contribution in [2.24, 2.45) is 0 Å². The minimum absolute atomic E-state index is 0.741. The Kier molecular flexibility index (Phi) is 3.27. The summed E-state index contributed by atoms with van der Waals surface area (Å²) in [4.78, 5) is 9.52. The molecular formula is C26H18N5+. The molecule has 146 valence electrons. The van der Waals surface area contributed by atoms with Crippen LogP contribution in [0.1, 0.15) is 5.69 Å². The summed E-state index contributed by atoms with van der Waals surface area (Å²) in [5.41, 5.74) is 8.87.